The highest BCUT2D eigenvalue weighted by Gasteiger charge is 2.59. The average molecular weight is 504 g/mol. The van der Waals surface area contributed by atoms with Gasteiger partial charge >= 0.3 is 0 Å². The van der Waals surface area contributed by atoms with Gasteiger partial charge in [-0.1, -0.05) is 48.4 Å². The lowest BCUT2D eigenvalue weighted by Crippen LogP contribution is -2.51. The standard InChI is InChI=1S/C31H41N3O3/c1-20-4-7-24(8-5-20)37-19-22-17-34(33-32-22)18-29(36)28-11-10-26-25-9-6-21-16-23(35)12-14-30(21,2)27(25)13-15-31(26,28)3/h4-8,17,23,25-28,35H,9-16,18-19H2,1-3H3/t23?,25-,26-,27-,28+,30-,31-/m0/s1. The molecule has 4 aliphatic carbocycles. The second-order valence-corrected chi connectivity index (χ2v) is 12.8. The van der Waals surface area contributed by atoms with Crippen LogP contribution in [-0.2, 0) is 17.9 Å². The van der Waals surface area contributed by atoms with Crippen LogP contribution in [0.15, 0.2) is 42.1 Å². The van der Waals surface area contributed by atoms with Gasteiger partial charge in [-0.25, -0.2) is 4.68 Å². The number of carbonyl (C=O) groups is 1. The lowest BCUT2D eigenvalue weighted by atomic mass is 9.47. The monoisotopic (exact) mass is 503 g/mol. The van der Waals surface area contributed by atoms with Crippen molar-refractivity contribution in [1.82, 2.24) is 15.0 Å². The van der Waals surface area contributed by atoms with Crippen LogP contribution in [0.25, 0.3) is 0 Å². The highest BCUT2D eigenvalue weighted by molar-refractivity contribution is 5.82. The molecule has 6 heteroatoms. The minimum Gasteiger partial charge on any atom is -0.487 e. The normalized spacial score (nSPS) is 36.8. The van der Waals surface area contributed by atoms with Crippen LogP contribution in [0.5, 0.6) is 5.75 Å². The Morgan fingerprint density at radius 1 is 1.11 bits per heavy atom. The number of aryl methyl sites for hydroxylation is 1. The third-order valence-electron chi connectivity index (χ3n) is 10.8. The topological polar surface area (TPSA) is 77.2 Å². The fourth-order valence-electron chi connectivity index (χ4n) is 8.71. The SMILES string of the molecule is Cc1ccc(OCc2cn(CC(=O)[C@H]3CC[C@H]4[C@@H]5CC=C6CC(O)CC[C@]6(C)[C@H]5CC[C@]34C)nn2)cc1. The molecule has 0 saturated heterocycles. The molecule has 1 aromatic heterocycles. The number of fused-ring (bicyclic) bond motifs is 5. The molecule has 7 atom stereocenters. The van der Waals surface area contributed by atoms with E-state index in [2.05, 4.69) is 37.2 Å². The van der Waals surface area contributed by atoms with Crippen molar-refractivity contribution in [2.45, 2.75) is 91.4 Å². The van der Waals surface area contributed by atoms with Crippen LogP contribution in [0.3, 0.4) is 0 Å². The van der Waals surface area contributed by atoms with Crippen molar-refractivity contribution in [3.8, 4) is 5.75 Å². The van der Waals surface area contributed by atoms with E-state index in [0.29, 0.717) is 30.1 Å². The molecular weight excluding hydrogens is 462 g/mol. The third kappa shape index (κ3) is 4.35. The molecule has 1 aromatic carbocycles. The number of Topliss-reactive ketones (excluding diaryl/α,β-unsaturated/α-hetero) is 1. The predicted molar refractivity (Wildman–Crippen MR) is 142 cm³/mol. The molecule has 198 valence electrons. The molecule has 0 aliphatic heterocycles. The Morgan fingerprint density at radius 3 is 2.73 bits per heavy atom. The number of rotatable bonds is 6. The molecule has 4 aliphatic rings. The van der Waals surface area contributed by atoms with Crippen LogP contribution in [0.2, 0.25) is 0 Å². The fourth-order valence-corrected chi connectivity index (χ4v) is 8.71. The molecule has 0 radical (unpaired) electrons. The van der Waals surface area contributed by atoms with E-state index in [0.717, 1.165) is 56.4 Å². The van der Waals surface area contributed by atoms with Crippen LogP contribution in [0, 0.1) is 41.4 Å². The van der Waals surface area contributed by atoms with Gasteiger partial charge in [-0.15, -0.1) is 5.10 Å². The maximum atomic E-state index is 13.6. The number of allylic oxidation sites excluding steroid dienone is 1. The van der Waals surface area contributed by atoms with E-state index < -0.39 is 0 Å². The zero-order chi connectivity index (χ0) is 25.8. The van der Waals surface area contributed by atoms with Gasteiger partial charge in [-0.3, -0.25) is 4.79 Å². The summed E-state index contributed by atoms with van der Waals surface area (Å²) in [6.07, 6.45) is 12.7. The summed E-state index contributed by atoms with van der Waals surface area (Å²) < 4.78 is 7.53. The summed E-state index contributed by atoms with van der Waals surface area (Å²) in [5.74, 6) is 3.17. The van der Waals surface area contributed by atoms with Crippen molar-refractivity contribution < 1.29 is 14.6 Å². The Bertz CT molecular complexity index is 1190. The summed E-state index contributed by atoms with van der Waals surface area (Å²) in [5, 5.41) is 18.8. The molecule has 3 fully saturated rings. The molecule has 3 saturated carbocycles. The molecule has 1 heterocycles. The number of ketones is 1. The lowest BCUT2D eigenvalue weighted by molar-refractivity contribution is -0.130. The van der Waals surface area contributed by atoms with E-state index in [1.165, 1.54) is 17.6 Å². The summed E-state index contributed by atoms with van der Waals surface area (Å²) in [4.78, 5) is 13.6. The van der Waals surface area contributed by atoms with Crippen LogP contribution < -0.4 is 4.74 Å². The van der Waals surface area contributed by atoms with E-state index >= 15 is 0 Å². The van der Waals surface area contributed by atoms with Gasteiger partial charge in [0.05, 0.1) is 12.3 Å². The largest absolute Gasteiger partial charge is 0.487 e. The summed E-state index contributed by atoms with van der Waals surface area (Å²) in [7, 11) is 0. The first-order chi connectivity index (χ1) is 17.8. The first-order valence-corrected chi connectivity index (χ1v) is 14.2. The van der Waals surface area contributed by atoms with Crippen molar-refractivity contribution in [2.75, 3.05) is 0 Å². The highest BCUT2D eigenvalue weighted by atomic mass is 16.5. The number of aromatic nitrogens is 3. The molecule has 0 spiro atoms. The quantitative estimate of drug-likeness (QED) is 0.514. The second kappa shape index (κ2) is 9.37. The van der Waals surface area contributed by atoms with Gasteiger partial charge in [0.15, 0.2) is 5.78 Å². The van der Waals surface area contributed by atoms with Crippen LogP contribution in [0.1, 0.15) is 76.5 Å². The highest BCUT2D eigenvalue weighted by Crippen LogP contribution is 2.66. The number of aliphatic hydroxyl groups is 1. The van der Waals surface area contributed by atoms with E-state index in [1.807, 2.05) is 30.5 Å². The van der Waals surface area contributed by atoms with Crippen molar-refractivity contribution in [3.05, 3.63) is 53.4 Å². The maximum absolute atomic E-state index is 13.6. The van der Waals surface area contributed by atoms with Crippen LogP contribution in [0.4, 0.5) is 0 Å². The number of nitrogens with zero attached hydrogens (tertiary/aromatic N) is 3. The number of ether oxygens (including phenoxy) is 1. The minimum absolute atomic E-state index is 0.0755. The molecule has 0 amide bonds. The van der Waals surface area contributed by atoms with Crippen molar-refractivity contribution in [3.63, 3.8) is 0 Å². The third-order valence-corrected chi connectivity index (χ3v) is 10.8. The van der Waals surface area contributed by atoms with Gasteiger partial charge < -0.3 is 9.84 Å². The van der Waals surface area contributed by atoms with Gasteiger partial charge in [-0.05, 0) is 99.0 Å². The lowest BCUT2D eigenvalue weighted by Gasteiger charge is -2.57. The summed E-state index contributed by atoms with van der Waals surface area (Å²) >= 11 is 0. The first kappa shape index (κ1) is 24.8. The Hall–Kier alpha value is -2.47. The number of carbonyl (C=O) groups excluding carboxylic acids is 1. The van der Waals surface area contributed by atoms with E-state index in [-0.39, 0.29) is 29.4 Å². The molecule has 1 unspecified atom stereocenters. The summed E-state index contributed by atoms with van der Waals surface area (Å²) in [6, 6.07) is 7.96. The van der Waals surface area contributed by atoms with E-state index in [4.69, 9.17) is 4.74 Å². The zero-order valence-corrected chi connectivity index (χ0v) is 22.5. The first-order valence-electron chi connectivity index (χ1n) is 14.2. The average Bonchev–Trinajstić information content (AvgIpc) is 3.47. The van der Waals surface area contributed by atoms with Gasteiger partial charge in [-0.2, -0.15) is 0 Å². The molecular formula is C31H41N3O3. The summed E-state index contributed by atoms with van der Waals surface area (Å²) in [5.41, 5.74) is 3.76. The molecule has 1 N–H and O–H groups in total. The van der Waals surface area contributed by atoms with Crippen molar-refractivity contribution >= 4 is 5.78 Å². The van der Waals surface area contributed by atoms with Gasteiger partial charge in [0.2, 0.25) is 0 Å². The Morgan fingerprint density at radius 2 is 1.92 bits per heavy atom. The van der Waals surface area contributed by atoms with Crippen LogP contribution >= 0.6 is 0 Å². The Kier molecular flexibility index (Phi) is 6.29. The van der Waals surface area contributed by atoms with E-state index in [9.17, 15) is 9.90 Å². The number of hydrogen-bond donors (Lipinski definition) is 1. The fraction of sp³-hybridized carbons (Fsp3) is 0.645. The van der Waals surface area contributed by atoms with Gasteiger partial charge in [0.25, 0.3) is 0 Å². The molecule has 2 aromatic rings. The molecule has 6 nitrogen and oxygen atoms in total. The number of hydrogen-bond acceptors (Lipinski definition) is 5. The molecule has 37 heavy (non-hydrogen) atoms. The smallest absolute Gasteiger partial charge is 0.157 e. The van der Waals surface area contributed by atoms with Gasteiger partial charge in [0.1, 0.15) is 24.6 Å². The van der Waals surface area contributed by atoms with E-state index in [1.54, 1.807) is 4.68 Å². The van der Waals surface area contributed by atoms with Crippen molar-refractivity contribution in [2.24, 2.45) is 34.5 Å². The minimum atomic E-state index is -0.162. The molecule has 6 rings (SSSR count). The second-order valence-electron chi connectivity index (χ2n) is 12.8. The predicted octanol–water partition coefficient (Wildman–Crippen LogP) is 5.67. The van der Waals surface area contributed by atoms with Gasteiger partial charge in [0, 0.05) is 5.92 Å². The van der Waals surface area contributed by atoms with Crippen molar-refractivity contribution in [1.29, 1.82) is 0 Å². The number of benzene rings is 1. The number of aliphatic hydroxyl groups excluding tert-OH is 1. The maximum Gasteiger partial charge on any atom is 0.157 e. The van der Waals surface area contributed by atoms with Crippen LogP contribution in [-0.4, -0.2) is 32.0 Å². The zero-order valence-electron chi connectivity index (χ0n) is 22.5. The molecule has 0 bridgehead atoms. The summed E-state index contributed by atoms with van der Waals surface area (Å²) in [6.45, 7) is 7.55. The Balaban J connectivity index is 1.11. The Labute approximate surface area is 220 Å².